The van der Waals surface area contributed by atoms with Crippen LogP contribution in [0.2, 0.25) is 0 Å². The minimum Gasteiger partial charge on any atom is -0.310 e. The quantitative estimate of drug-likeness (QED) is 0.839. The molecule has 0 amide bonds. The molecule has 0 fully saturated rings. The van der Waals surface area contributed by atoms with Gasteiger partial charge in [0.2, 0.25) is 0 Å². The van der Waals surface area contributed by atoms with Gasteiger partial charge in [0.05, 0.1) is 0 Å². The van der Waals surface area contributed by atoms with E-state index in [0.29, 0.717) is 0 Å². The van der Waals surface area contributed by atoms with Crippen LogP contribution in [0.3, 0.4) is 0 Å². The van der Waals surface area contributed by atoms with E-state index in [1.807, 2.05) is 0 Å². The number of nitrogens with zero attached hydrogens (tertiary/aromatic N) is 2. The van der Waals surface area contributed by atoms with Gasteiger partial charge in [0, 0.05) is 12.1 Å². The molecule has 4 heteroatoms. The Hall–Kier alpha value is -1.26. The number of benzene rings is 1. The summed E-state index contributed by atoms with van der Waals surface area (Å²) in [4.78, 5) is 0. The zero-order valence-electron chi connectivity index (χ0n) is 11.2. The van der Waals surface area contributed by atoms with Gasteiger partial charge in [-0.3, -0.25) is 0 Å². The zero-order chi connectivity index (χ0) is 13.0. The summed E-state index contributed by atoms with van der Waals surface area (Å²) < 4.78 is 0. The van der Waals surface area contributed by atoms with Crippen LogP contribution in [-0.4, -0.2) is 16.7 Å². The summed E-state index contributed by atoms with van der Waals surface area (Å²) in [5.74, 6) is 0. The first-order chi connectivity index (χ1) is 8.70. The molecule has 1 N–H and O–H groups in total. The van der Waals surface area contributed by atoms with Gasteiger partial charge in [-0.15, -0.1) is 10.2 Å². The Morgan fingerprint density at radius 1 is 1.22 bits per heavy atom. The Kier molecular flexibility index (Phi) is 4.44. The standard InChI is InChI=1S/C14H19N3S/c1-4-7-15-9-13-16-17-14(18-13)12-6-5-10(2)8-11(12)3/h5-6,8,15H,4,7,9H2,1-3H3. The molecule has 1 aromatic heterocycles. The van der Waals surface area contributed by atoms with E-state index in [2.05, 4.69) is 54.5 Å². The van der Waals surface area contributed by atoms with Crippen LogP contribution in [0, 0.1) is 13.8 Å². The molecule has 18 heavy (non-hydrogen) atoms. The lowest BCUT2D eigenvalue weighted by molar-refractivity contribution is 0.668. The Labute approximate surface area is 112 Å². The monoisotopic (exact) mass is 261 g/mol. The molecule has 0 unspecified atom stereocenters. The molecule has 0 aliphatic heterocycles. The van der Waals surface area contributed by atoms with Crippen molar-refractivity contribution in [3.05, 3.63) is 34.3 Å². The van der Waals surface area contributed by atoms with Crippen molar-refractivity contribution < 1.29 is 0 Å². The first-order valence-corrected chi connectivity index (χ1v) is 7.13. The van der Waals surface area contributed by atoms with Gasteiger partial charge in [-0.2, -0.15) is 0 Å². The molecule has 0 radical (unpaired) electrons. The highest BCUT2D eigenvalue weighted by Gasteiger charge is 2.08. The van der Waals surface area contributed by atoms with E-state index >= 15 is 0 Å². The molecule has 0 bridgehead atoms. The fourth-order valence-electron chi connectivity index (χ4n) is 1.86. The summed E-state index contributed by atoms with van der Waals surface area (Å²) in [6.45, 7) is 8.23. The first-order valence-electron chi connectivity index (χ1n) is 6.31. The smallest absolute Gasteiger partial charge is 0.148 e. The van der Waals surface area contributed by atoms with Gasteiger partial charge in [-0.25, -0.2) is 0 Å². The number of rotatable bonds is 5. The maximum absolute atomic E-state index is 4.28. The minimum atomic E-state index is 0.816. The number of aryl methyl sites for hydroxylation is 2. The van der Waals surface area contributed by atoms with E-state index in [4.69, 9.17) is 0 Å². The van der Waals surface area contributed by atoms with Gasteiger partial charge < -0.3 is 5.32 Å². The van der Waals surface area contributed by atoms with Crippen LogP contribution >= 0.6 is 11.3 Å². The Morgan fingerprint density at radius 3 is 2.78 bits per heavy atom. The van der Waals surface area contributed by atoms with E-state index < -0.39 is 0 Å². The van der Waals surface area contributed by atoms with E-state index in [9.17, 15) is 0 Å². The predicted octanol–water partition coefficient (Wildman–Crippen LogP) is 3.32. The number of aromatic nitrogens is 2. The van der Waals surface area contributed by atoms with Gasteiger partial charge in [-0.05, 0) is 32.4 Å². The number of hydrogen-bond donors (Lipinski definition) is 1. The number of nitrogens with one attached hydrogen (secondary N) is 1. The molecule has 0 aliphatic carbocycles. The van der Waals surface area contributed by atoms with Crippen LogP contribution in [0.25, 0.3) is 10.6 Å². The first kappa shape index (κ1) is 13.2. The van der Waals surface area contributed by atoms with Gasteiger partial charge >= 0.3 is 0 Å². The molecule has 0 spiro atoms. The fraction of sp³-hybridized carbons (Fsp3) is 0.429. The summed E-state index contributed by atoms with van der Waals surface area (Å²) in [6, 6.07) is 6.44. The summed E-state index contributed by atoms with van der Waals surface area (Å²) in [6.07, 6.45) is 1.14. The molecule has 1 heterocycles. The molecule has 0 atom stereocenters. The van der Waals surface area contributed by atoms with E-state index in [1.165, 1.54) is 16.7 Å². The number of hydrogen-bond acceptors (Lipinski definition) is 4. The second kappa shape index (κ2) is 6.07. The summed E-state index contributed by atoms with van der Waals surface area (Å²) in [7, 11) is 0. The molecular weight excluding hydrogens is 242 g/mol. The van der Waals surface area contributed by atoms with E-state index in [1.54, 1.807) is 11.3 Å². The Balaban J connectivity index is 2.13. The molecule has 1 aromatic carbocycles. The van der Waals surface area contributed by atoms with Crippen LogP contribution in [-0.2, 0) is 6.54 Å². The van der Waals surface area contributed by atoms with Crippen LogP contribution in [0.4, 0.5) is 0 Å². The van der Waals surface area contributed by atoms with Crippen molar-refractivity contribution in [2.75, 3.05) is 6.54 Å². The highest BCUT2D eigenvalue weighted by molar-refractivity contribution is 7.14. The summed E-state index contributed by atoms with van der Waals surface area (Å²) >= 11 is 1.67. The predicted molar refractivity (Wildman–Crippen MR) is 76.8 cm³/mol. The molecule has 0 saturated heterocycles. The van der Waals surface area contributed by atoms with E-state index in [-0.39, 0.29) is 0 Å². The van der Waals surface area contributed by atoms with Gasteiger partial charge in [0.25, 0.3) is 0 Å². The molecule has 2 rings (SSSR count). The van der Waals surface area contributed by atoms with Gasteiger partial charge in [0.15, 0.2) is 0 Å². The molecular formula is C14H19N3S. The third-order valence-electron chi connectivity index (χ3n) is 2.78. The third-order valence-corrected chi connectivity index (χ3v) is 3.74. The van der Waals surface area contributed by atoms with Crippen LogP contribution < -0.4 is 5.32 Å². The second-order valence-corrected chi connectivity index (χ2v) is 5.56. The molecule has 2 aromatic rings. The van der Waals surface area contributed by atoms with Gasteiger partial charge in [-0.1, -0.05) is 42.0 Å². The average molecular weight is 261 g/mol. The second-order valence-electron chi connectivity index (χ2n) is 4.50. The summed E-state index contributed by atoms with van der Waals surface area (Å²) in [5, 5.41) is 13.9. The molecule has 96 valence electrons. The maximum Gasteiger partial charge on any atom is 0.148 e. The third kappa shape index (κ3) is 3.15. The largest absolute Gasteiger partial charge is 0.310 e. The average Bonchev–Trinajstić information content (AvgIpc) is 2.78. The van der Waals surface area contributed by atoms with Crippen LogP contribution in [0.15, 0.2) is 18.2 Å². The normalized spacial score (nSPS) is 10.8. The topological polar surface area (TPSA) is 37.8 Å². The van der Waals surface area contributed by atoms with Crippen molar-refractivity contribution in [2.24, 2.45) is 0 Å². The lowest BCUT2D eigenvalue weighted by Gasteiger charge is -2.02. The Bertz CT molecular complexity index is 520. The zero-order valence-corrected chi connectivity index (χ0v) is 12.0. The fourth-order valence-corrected chi connectivity index (χ4v) is 2.76. The SMILES string of the molecule is CCCNCc1nnc(-c2ccc(C)cc2C)s1. The lowest BCUT2D eigenvalue weighted by atomic mass is 10.1. The molecule has 0 saturated carbocycles. The molecule has 0 aliphatic rings. The Morgan fingerprint density at radius 2 is 2.06 bits per heavy atom. The highest BCUT2D eigenvalue weighted by atomic mass is 32.1. The van der Waals surface area contributed by atoms with Gasteiger partial charge in [0.1, 0.15) is 10.0 Å². The summed E-state index contributed by atoms with van der Waals surface area (Å²) in [5.41, 5.74) is 3.74. The van der Waals surface area contributed by atoms with Crippen molar-refractivity contribution in [1.29, 1.82) is 0 Å². The van der Waals surface area contributed by atoms with E-state index in [0.717, 1.165) is 29.5 Å². The highest BCUT2D eigenvalue weighted by Crippen LogP contribution is 2.27. The van der Waals surface area contributed by atoms with Crippen molar-refractivity contribution in [3.8, 4) is 10.6 Å². The maximum atomic E-state index is 4.28. The van der Waals surface area contributed by atoms with Crippen molar-refractivity contribution in [1.82, 2.24) is 15.5 Å². The van der Waals surface area contributed by atoms with Crippen LogP contribution in [0.1, 0.15) is 29.5 Å². The lowest BCUT2D eigenvalue weighted by Crippen LogP contribution is -2.13. The van der Waals surface area contributed by atoms with Crippen molar-refractivity contribution in [3.63, 3.8) is 0 Å². The van der Waals surface area contributed by atoms with Crippen molar-refractivity contribution >= 4 is 11.3 Å². The van der Waals surface area contributed by atoms with Crippen LogP contribution in [0.5, 0.6) is 0 Å². The minimum absolute atomic E-state index is 0.816. The van der Waals surface area contributed by atoms with Crippen molar-refractivity contribution in [2.45, 2.75) is 33.7 Å². The molecule has 3 nitrogen and oxygen atoms in total.